The number of aromatic nitrogens is 2. The Balaban J connectivity index is 1.65. The molecule has 1 aromatic carbocycles. The van der Waals surface area contributed by atoms with Crippen LogP contribution in [0.4, 0.5) is 24.9 Å². The van der Waals surface area contributed by atoms with Gasteiger partial charge in [-0.3, -0.25) is 0 Å². The Kier molecular flexibility index (Phi) is 4.22. The van der Waals surface area contributed by atoms with Crippen LogP contribution in [-0.2, 0) is 6.18 Å². The SMILES string of the molecule is Nc1nc(-c2cccc(C(F)(F)F)c2)cc(N2C[C@H]3CCCN[C@H]3C2)n1. The average molecular weight is 363 g/mol. The van der Waals surface area contributed by atoms with Gasteiger partial charge in [0.25, 0.3) is 0 Å². The second-order valence-electron chi connectivity index (χ2n) is 6.92. The second kappa shape index (κ2) is 6.42. The predicted octanol–water partition coefficient (Wildman–Crippen LogP) is 2.93. The minimum atomic E-state index is -4.40. The molecule has 0 saturated carbocycles. The Morgan fingerprint density at radius 2 is 2.00 bits per heavy atom. The van der Waals surface area contributed by atoms with E-state index in [2.05, 4.69) is 20.2 Å². The number of nitrogens with two attached hydrogens (primary N) is 1. The molecule has 138 valence electrons. The van der Waals surface area contributed by atoms with Gasteiger partial charge in [-0.2, -0.15) is 18.2 Å². The number of rotatable bonds is 2. The van der Waals surface area contributed by atoms with Crippen molar-refractivity contribution in [3.05, 3.63) is 35.9 Å². The second-order valence-corrected chi connectivity index (χ2v) is 6.92. The predicted molar refractivity (Wildman–Crippen MR) is 93.6 cm³/mol. The maximum absolute atomic E-state index is 13.0. The van der Waals surface area contributed by atoms with E-state index in [4.69, 9.17) is 5.73 Å². The third-order valence-electron chi connectivity index (χ3n) is 5.14. The molecule has 2 aliphatic heterocycles. The molecule has 5 nitrogen and oxygen atoms in total. The van der Waals surface area contributed by atoms with E-state index < -0.39 is 11.7 Å². The molecule has 0 aliphatic carbocycles. The van der Waals surface area contributed by atoms with E-state index in [1.54, 1.807) is 12.1 Å². The first-order valence-corrected chi connectivity index (χ1v) is 8.71. The number of nitrogens with zero attached hydrogens (tertiary/aromatic N) is 3. The number of nitrogens with one attached hydrogen (secondary N) is 1. The molecular weight excluding hydrogens is 343 g/mol. The van der Waals surface area contributed by atoms with Crippen LogP contribution >= 0.6 is 0 Å². The first-order valence-electron chi connectivity index (χ1n) is 8.71. The van der Waals surface area contributed by atoms with Crippen LogP contribution in [0.25, 0.3) is 11.3 Å². The maximum atomic E-state index is 13.0. The van der Waals surface area contributed by atoms with Crippen LogP contribution in [0.2, 0.25) is 0 Å². The number of fused-ring (bicyclic) bond motifs is 1. The number of benzene rings is 1. The molecule has 3 N–H and O–H groups in total. The summed E-state index contributed by atoms with van der Waals surface area (Å²) in [6, 6.07) is 7.28. The van der Waals surface area contributed by atoms with Gasteiger partial charge in [0.2, 0.25) is 5.95 Å². The maximum Gasteiger partial charge on any atom is 0.416 e. The van der Waals surface area contributed by atoms with Gasteiger partial charge in [0, 0.05) is 30.8 Å². The molecule has 1 aromatic heterocycles. The molecule has 2 aromatic rings. The van der Waals surface area contributed by atoms with E-state index in [1.165, 1.54) is 12.5 Å². The zero-order valence-electron chi connectivity index (χ0n) is 14.1. The highest BCUT2D eigenvalue weighted by molar-refractivity contribution is 5.65. The standard InChI is InChI=1S/C18H20F3N5/c19-18(20,21)13-5-1-3-11(7-13)14-8-16(25-17(22)24-14)26-9-12-4-2-6-23-15(12)10-26/h1,3,5,7-8,12,15,23H,2,4,6,9-10H2,(H2,22,24,25)/t12-,15+/m1/s1. The molecule has 0 radical (unpaired) electrons. The number of hydrogen-bond acceptors (Lipinski definition) is 5. The van der Waals surface area contributed by atoms with Crippen molar-refractivity contribution in [3.8, 4) is 11.3 Å². The summed E-state index contributed by atoms with van der Waals surface area (Å²) >= 11 is 0. The third kappa shape index (κ3) is 3.33. The summed E-state index contributed by atoms with van der Waals surface area (Å²) in [7, 11) is 0. The van der Waals surface area contributed by atoms with Gasteiger partial charge in [0.1, 0.15) is 5.82 Å². The summed E-state index contributed by atoms with van der Waals surface area (Å²) in [6.45, 7) is 2.72. The molecule has 2 aliphatic rings. The number of halogens is 3. The first kappa shape index (κ1) is 17.1. The van der Waals surface area contributed by atoms with Crippen molar-refractivity contribution in [1.82, 2.24) is 15.3 Å². The smallest absolute Gasteiger partial charge is 0.368 e. The molecule has 0 unspecified atom stereocenters. The average Bonchev–Trinajstić information content (AvgIpc) is 3.05. The lowest BCUT2D eigenvalue weighted by Gasteiger charge is -2.24. The van der Waals surface area contributed by atoms with Crippen molar-refractivity contribution < 1.29 is 13.2 Å². The van der Waals surface area contributed by atoms with Crippen molar-refractivity contribution in [2.24, 2.45) is 5.92 Å². The van der Waals surface area contributed by atoms with E-state index in [0.717, 1.165) is 38.2 Å². The lowest BCUT2D eigenvalue weighted by atomic mass is 9.94. The van der Waals surface area contributed by atoms with Gasteiger partial charge in [0.15, 0.2) is 0 Å². The van der Waals surface area contributed by atoms with E-state index in [1.807, 2.05) is 0 Å². The molecule has 8 heteroatoms. The van der Waals surface area contributed by atoms with Crippen LogP contribution in [0.3, 0.4) is 0 Å². The summed E-state index contributed by atoms with van der Waals surface area (Å²) in [5.41, 5.74) is 5.93. The van der Waals surface area contributed by atoms with E-state index >= 15 is 0 Å². The highest BCUT2D eigenvalue weighted by Crippen LogP contribution is 2.33. The van der Waals surface area contributed by atoms with E-state index in [0.29, 0.717) is 29.0 Å². The molecule has 4 rings (SSSR count). The van der Waals surface area contributed by atoms with Gasteiger partial charge >= 0.3 is 6.18 Å². The highest BCUT2D eigenvalue weighted by Gasteiger charge is 2.35. The summed E-state index contributed by atoms with van der Waals surface area (Å²) < 4.78 is 39.0. The molecule has 3 heterocycles. The van der Waals surface area contributed by atoms with Crippen LogP contribution in [0.5, 0.6) is 0 Å². The molecular formula is C18H20F3N5. The third-order valence-corrected chi connectivity index (χ3v) is 5.14. The zero-order chi connectivity index (χ0) is 18.3. The van der Waals surface area contributed by atoms with Crippen molar-refractivity contribution in [1.29, 1.82) is 0 Å². The Morgan fingerprint density at radius 3 is 2.77 bits per heavy atom. The summed E-state index contributed by atoms with van der Waals surface area (Å²) in [6.07, 6.45) is -2.06. The lowest BCUT2D eigenvalue weighted by molar-refractivity contribution is -0.137. The first-order chi connectivity index (χ1) is 12.4. The normalized spacial score (nSPS) is 23.1. The van der Waals surface area contributed by atoms with Crippen molar-refractivity contribution in [2.45, 2.75) is 25.1 Å². The van der Waals surface area contributed by atoms with Gasteiger partial charge in [-0.25, -0.2) is 4.98 Å². The minimum absolute atomic E-state index is 0.0674. The largest absolute Gasteiger partial charge is 0.416 e. The van der Waals surface area contributed by atoms with Gasteiger partial charge in [-0.15, -0.1) is 0 Å². The molecule has 26 heavy (non-hydrogen) atoms. The van der Waals surface area contributed by atoms with Gasteiger partial charge < -0.3 is 16.0 Å². The van der Waals surface area contributed by atoms with Crippen molar-refractivity contribution in [2.75, 3.05) is 30.3 Å². The van der Waals surface area contributed by atoms with Gasteiger partial charge in [0.05, 0.1) is 11.3 Å². The Labute approximate surface area is 149 Å². The summed E-state index contributed by atoms with van der Waals surface area (Å²) in [4.78, 5) is 10.6. The fourth-order valence-electron chi connectivity index (χ4n) is 3.85. The number of nitrogen functional groups attached to an aromatic ring is 1. The number of anilines is 2. The molecule has 0 spiro atoms. The summed E-state index contributed by atoms with van der Waals surface area (Å²) in [5.74, 6) is 1.30. The Hall–Kier alpha value is -2.35. The van der Waals surface area contributed by atoms with Crippen LogP contribution in [0.15, 0.2) is 30.3 Å². The molecule has 0 bridgehead atoms. The summed E-state index contributed by atoms with van der Waals surface area (Å²) in [5, 5.41) is 3.52. The topological polar surface area (TPSA) is 67.1 Å². The van der Waals surface area contributed by atoms with Crippen molar-refractivity contribution >= 4 is 11.8 Å². The molecule has 0 amide bonds. The van der Waals surface area contributed by atoms with Crippen LogP contribution in [0, 0.1) is 5.92 Å². The van der Waals surface area contributed by atoms with E-state index in [9.17, 15) is 13.2 Å². The molecule has 2 saturated heterocycles. The quantitative estimate of drug-likeness (QED) is 0.859. The molecule has 2 atom stereocenters. The zero-order valence-corrected chi connectivity index (χ0v) is 14.1. The van der Waals surface area contributed by atoms with Gasteiger partial charge in [-0.1, -0.05) is 12.1 Å². The fourth-order valence-corrected chi connectivity index (χ4v) is 3.85. The molecule has 2 fully saturated rings. The lowest BCUT2D eigenvalue weighted by Crippen LogP contribution is -2.40. The Morgan fingerprint density at radius 1 is 1.15 bits per heavy atom. The fraction of sp³-hybridized carbons (Fsp3) is 0.444. The highest BCUT2D eigenvalue weighted by atomic mass is 19.4. The Bertz CT molecular complexity index is 794. The van der Waals surface area contributed by atoms with Crippen LogP contribution in [-0.4, -0.2) is 35.6 Å². The van der Waals surface area contributed by atoms with E-state index in [-0.39, 0.29) is 5.95 Å². The number of piperidine rings is 1. The minimum Gasteiger partial charge on any atom is -0.368 e. The van der Waals surface area contributed by atoms with Crippen molar-refractivity contribution in [3.63, 3.8) is 0 Å². The van der Waals surface area contributed by atoms with Gasteiger partial charge in [-0.05, 0) is 37.4 Å². The number of hydrogen-bond donors (Lipinski definition) is 2. The van der Waals surface area contributed by atoms with Crippen LogP contribution in [0.1, 0.15) is 18.4 Å². The van der Waals surface area contributed by atoms with Crippen LogP contribution < -0.4 is 16.0 Å². The monoisotopic (exact) mass is 363 g/mol. The number of alkyl halides is 3.